The highest BCUT2D eigenvalue weighted by molar-refractivity contribution is 5.89. The van der Waals surface area contributed by atoms with Crippen molar-refractivity contribution >= 4 is 17.7 Å². The van der Waals surface area contributed by atoms with Gasteiger partial charge in [0.15, 0.2) is 0 Å². The molecule has 0 saturated heterocycles. The summed E-state index contributed by atoms with van der Waals surface area (Å²) >= 11 is 0. The van der Waals surface area contributed by atoms with Crippen molar-refractivity contribution in [3.8, 4) is 5.69 Å². The van der Waals surface area contributed by atoms with Crippen LogP contribution in [0.4, 0.5) is 10.5 Å². The molecule has 0 aliphatic heterocycles. The number of aromatic nitrogens is 3. The summed E-state index contributed by atoms with van der Waals surface area (Å²) in [5, 5.41) is 22.2. The van der Waals surface area contributed by atoms with Crippen LogP contribution >= 0.6 is 0 Å². The predicted octanol–water partition coefficient (Wildman–Crippen LogP) is 2.03. The van der Waals surface area contributed by atoms with Crippen molar-refractivity contribution in [2.45, 2.75) is 32.2 Å². The van der Waals surface area contributed by atoms with E-state index < -0.39 is 11.5 Å². The molecule has 0 unspecified atom stereocenters. The molecule has 0 aliphatic carbocycles. The van der Waals surface area contributed by atoms with Crippen LogP contribution in [0.2, 0.25) is 0 Å². The molecule has 0 bridgehead atoms. The maximum atomic E-state index is 12.0. The Morgan fingerprint density at radius 2 is 1.78 bits per heavy atom. The van der Waals surface area contributed by atoms with E-state index in [1.54, 1.807) is 50.5 Å². The molecule has 0 aliphatic rings. The average Bonchev–Trinajstić information content (AvgIpc) is 2.99. The number of hydrogen-bond acceptors (Lipinski definition) is 4. The molecule has 1 aromatic heterocycles. The fourth-order valence-corrected chi connectivity index (χ4v) is 1.98. The monoisotopic (exact) mass is 317 g/mol. The van der Waals surface area contributed by atoms with Crippen LogP contribution in [0.1, 0.15) is 26.7 Å². The number of urea groups is 1. The third kappa shape index (κ3) is 5.10. The largest absolute Gasteiger partial charge is 0.481 e. The summed E-state index contributed by atoms with van der Waals surface area (Å²) in [4.78, 5) is 24.1. The number of rotatable bonds is 6. The molecule has 0 fully saturated rings. The second kappa shape index (κ2) is 6.91. The second-order valence-electron chi connectivity index (χ2n) is 5.72. The van der Waals surface area contributed by atoms with E-state index in [1.165, 1.54) is 4.80 Å². The van der Waals surface area contributed by atoms with Gasteiger partial charge >= 0.3 is 12.0 Å². The number of hydrogen-bond donors (Lipinski definition) is 3. The highest BCUT2D eigenvalue weighted by atomic mass is 16.4. The van der Waals surface area contributed by atoms with Crippen molar-refractivity contribution in [2.24, 2.45) is 0 Å². The van der Waals surface area contributed by atoms with Gasteiger partial charge in [-0.15, -0.1) is 0 Å². The van der Waals surface area contributed by atoms with E-state index in [9.17, 15) is 9.59 Å². The lowest BCUT2D eigenvalue weighted by Crippen LogP contribution is -2.45. The van der Waals surface area contributed by atoms with Gasteiger partial charge in [0.05, 0.1) is 18.1 Å². The highest BCUT2D eigenvalue weighted by Crippen LogP contribution is 2.14. The van der Waals surface area contributed by atoms with Crippen LogP contribution in [0.3, 0.4) is 0 Å². The Balaban J connectivity index is 1.91. The molecule has 3 N–H and O–H groups in total. The summed E-state index contributed by atoms with van der Waals surface area (Å²) in [6.45, 7) is 3.56. The summed E-state index contributed by atoms with van der Waals surface area (Å²) < 4.78 is 0. The Bertz CT molecular complexity index is 665. The van der Waals surface area contributed by atoms with E-state index in [1.807, 2.05) is 0 Å². The van der Waals surface area contributed by atoms with Crippen LogP contribution < -0.4 is 10.6 Å². The van der Waals surface area contributed by atoms with E-state index in [0.29, 0.717) is 12.1 Å². The van der Waals surface area contributed by atoms with E-state index >= 15 is 0 Å². The van der Waals surface area contributed by atoms with E-state index in [2.05, 4.69) is 20.8 Å². The quantitative estimate of drug-likeness (QED) is 0.755. The molecule has 2 amide bonds. The Morgan fingerprint density at radius 1 is 1.17 bits per heavy atom. The number of nitrogens with one attached hydrogen (secondary N) is 2. The molecular formula is C15H19N5O3. The minimum absolute atomic E-state index is 0.00114. The van der Waals surface area contributed by atoms with Gasteiger partial charge in [-0.25, -0.2) is 4.79 Å². The first-order valence-corrected chi connectivity index (χ1v) is 7.13. The number of benzene rings is 1. The van der Waals surface area contributed by atoms with Gasteiger partial charge in [-0.05, 0) is 44.5 Å². The zero-order valence-electron chi connectivity index (χ0n) is 13.0. The summed E-state index contributed by atoms with van der Waals surface area (Å²) in [5.74, 6) is -0.886. The smallest absolute Gasteiger partial charge is 0.319 e. The van der Waals surface area contributed by atoms with Crippen LogP contribution in [-0.2, 0) is 4.79 Å². The number of carbonyl (C=O) groups is 2. The SMILES string of the molecule is CC(C)(CCC(=O)O)NC(=O)Nc1ccc(-n2nccn2)cc1. The number of amides is 2. The normalized spacial score (nSPS) is 11.0. The second-order valence-corrected chi connectivity index (χ2v) is 5.72. The van der Waals surface area contributed by atoms with Crippen molar-refractivity contribution in [1.29, 1.82) is 0 Å². The molecule has 2 rings (SSSR count). The van der Waals surface area contributed by atoms with Gasteiger partial charge in [0.2, 0.25) is 0 Å². The Morgan fingerprint density at radius 3 is 2.35 bits per heavy atom. The lowest BCUT2D eigenvalue weighted by molar-refractivity contribution is -0.137. The average molecular weight is 317 g/mol. The fraction of sp³-hybridized carbons (Fsp3) is 0.333. The molecular weight excluding hydrogens is 298 g/mol. The van der Waals surface area contributed by atoms with E-state index in [-0.39, 0.29) is 12.5 Å². The molecule has 0 saturated carbocycles. The van der Waals surface area contributed by atoms with Gasteiger partial charge in [-0.2, -0.15) is 15.0 Å². The van der Waals surface area contributed by atoms with Crippen LogP contribution in [0.25, 0.3) is 5.69 Å². The van der Waals surface area contributed by atoms with Gasteiger partial charge < -0.3 is 15.7 Å². The molecule has 1 heterocycles. The first kappa shape index (κ1) is 16.5. The van der Waals surface area contributed by atoms with Gasteiger partial charge in [-0.1, -0.05) is 0 Å². The number of carboxylic acids is 1. The standard InChI is InChI=1S/C15H19N5O3/c1-15(2,8-7-13(21)22)19-14(23)18-11-3-5-12(6-4-11)20-16-9-10-17-20/h3-6,9-10H,7-8H2,1-2H3,(H,21,22)(H2,18,19,23). The highest BCUT2D eigenvalue weighted by Gasteiger charge is 2.21. The molecule has 23 heavy (non-hydrogen) atoms. The lowest BCUT2D eigenvalue weighted by atomic mass is 9.99. The Hall–Kier alpha value is -2.90. The maximum absolute atomic E-state index is 12.0. The predicted molar refractivity (Wildman–Crippen MR) is 84.5 cm³/mol. The summed E-state index contributed by atoms with van der Waals surface area (Å²) in [6, 6.07) is 6.66. The minimum Gasteiger partial charge on any atom is -0.481 e. The number of carbonyl (C=O) groups excluding carboxylic acids is 1. The fourth-order valence-electron chi connectivity index (χ4n) is 1.98. The zero-order chi connectivity index (χ0) is 16.9. The topological polar surface area (TPSA) is 109 Å². The third-order valence-electron chi connectivity index (χ3n) is 3.19. The van der Waals surface area contributed by atoms with Crippen molar-refractivity contribution in [3.05, 3.63) is 36.7 Å². The van der Waals surface area contributed by atoms with E-state index in [0.717, 1.165) is 5.69 Å². The van der Waals surface area contributed by atoms with E-state index in [4.69, 9.17) is 5.11 Å². The first-order chi connectivity index (χ1) is 10.9. The van der Waals surface area contributed by atoms with Crippen molar-refractivity contribution < 1.29 is 14.7 Å². The van der Waals surface area contributed by atoms with Gasteiger partial charge in [0.1, 0.15) is 0 Å². The van der Waals surface area contributed by atoms with Crippen LogP contribution in [-0.4, -0.2) is 37.6 Å². The Labute approximate surface area is 133 Å². The molecule has 122 valence electrons. The molecule has 0 atom stereocenters. The van der Waals surface area contributed by atoms with Crippen LogP contribution in [0.15, 0.2) is 36.7 Å². The van der Waals surface area contributed by atoms with Gasteiger partial charge in [0, 0.05) is 17.6 Å². The minimum atomic E-state index is -0.886. The van der Waals surface area contributed by atoms with Crippen molar-refractivity contribution in [3.63, 3.8) is 0 Å². The summed E-state index contributed by atoms with van der Waals surface area (Å²) in [7, 11) is 0. The number of nitrogens with zero attached hydrogens (tertiary/aromatic N) is 3. The molecule has 1 aromatic carbocycles. The number of anilines is 1. The maximum Gasteiger partial charge on any atom is 0.319 e. The molecule has 8 nitrogen and oxygen atoms in total. The molecule has 0 radical (unpaired) electrons. The summed E-state index contributed by atoms with van der Waals surface area (Å²) in [6.07, 6.45) is 3.51. The Kier molecular flexibility index (Phi) is 4.95. The lowest BCUT2D eigenvalue weighted by Gasteiger charge is -2.25. The molecule has 0 spiro atoms. The van der Waals surface area contributed by atoms with Crippen molar-refractivity contribution in [2.75, 3.05) is 5.32 Å². The molecule has 8 heteroatoms. The molecule has 2 aromatic rings. The first-order valence-electron chi connectivity index (χ1n) is 7.13. The van der Waals surface area contributed by atoms with Gasteiger partial charge in [0.25, 0.3) is 0 Å². The number of aliphatic carboxylic acids is 1. The zero-order valence-corrected chi connectivity index (χ0v) is 13.0. The van der Waals surface area contributed by atoms with Crippen molar-refractivity contribution in [1.82, 2.24) is 20.3 Å². The van der Waals surface area contributed by atoms with Gasteiger partial charge in [-0.3, -0.25) is 4.79 Å². The third-order valence-corrected chi connectivity index (χ3v) is 3.19. The number of carboxylic acid groups (broad SMARTS) is 1. The van der Waals surface area contributed by atoms with Crippen LogP contribution in [0.5, 0.6) is 0 Å². The van der Waals surface area contributed by atoms with Crippen LogP contribution in [0, 0.1) is 0 Å². The summed E-state index contributed by atoms with van der Waals surface area (Å²) in [5.41, 5.74) is 0.789.